The lowest BCUT2D eigenvalue weighted by molar-refractivity contribution is -0.127. The molecule has 1 aromatic carbocycles. The molecule has 0 aromatic heterocycles. The summed E-state index contributed by atoms with van der Waals surface area (Å²) in [6, 6.07) is 5.38. The Balaban J connectivity index is 1.79. The monoisotopic (exact) mass is 396 g/mol. The second kappa shape index (κ2) is 7.31. The number of hydrogen-bond acceptors (Lipinski definition) is 5. The zero-order chi connectivity index (χ0) is 19.8. The Morgan fingerprint density at radius 1 is 1.37 bits per heavy atom. The smallest absolute Gasteiger partial charge is 0.224 e. The molecule has 0 radical (unpaired) electrons. The summed E-state index contributed by atoms with van der Waals surface area (Å²) < 4.78 is 36.4. The molecule has 8 heteroatoms. The van der Waals surface area contributed by atoms with Crippen LogP contribution >= 0.6 is 0 Å². The van der Waals surface area contributed by atoms with Gasteiger partial charge in [0.1, 0.15) is 17.1 Å². The van der Waals surface area contributed by atoms with E-state index >= 15 is 0 Å². The van der Waals surface area contributed by atoms with Gasteiger partial charge < -0.3 is 14.8 Å². The number of nitrogens with zero attached hydrogens (tertiary/aromatic N) is 1. The van der Waals surface area contributed by atoms with Crippen molar-refractivity contribution in [1.82, 2.24) is 9.62 Å². The largest absolute Gasteiger partial charge is 0.497 e. The van der Waals surface area contributed by atoms with Crippen LogP contribution in [0, 0.1) is 5.92 Å². The molecule has 3 rings (SSSR count). The summed E-state index contributed by atoms with van der Waals surface area (Å²) in [6.45, 7) is 4.70. The van der Waals surface area contributed by atoms with Gasteiger partial charge >= 0.3 is 0 Å². The molecule has 2 aliphatic heterocycles. The number of amides is 1. The predicted octanol–water partition coefficient (Wildman–Crippen LogP) is 2.09. The van der Waals surface area contributed by atoms with Gasteiger partial charge in [0.2, 0.25) is 15.9 Å². The average Bonchev–Trinajstić information content (AvgIpc) is 2.60. The maximum Gasteiger partial charge on any atom is 0.224 e. The van der Waals surface area contributed by atoms with Crippen molar-refractivity contribution in [3.63, 3.8) is 0 Å². The highest BCUT2D eigenvalue weighted by atomic mass is 32.2. The number of benzene rings is 1. The van der Waals surface area contributed by atoms with Crippen molar-refractivity contribution < 1.29 is 22.7 Å². The average molecular weight is 397 g/mol. The minimum Gasteiger partial charge on any atom is -0.497 e. The van der Waals surface area contributed by atoms with Crippen molar-refractivity contribution in [2.45, 2.75) is 44.8 Å². The number of carbonyl (C=O) groups is 1. The number of piperidine rings is 1. The molecule has 150 valence electrons. The van der Waals surface area contributed by atoms with Crippen molar-refractivity contribution >= 4 is 15.9 Å². The molecule has 27 heavy (non-hydrogen) atoms. The zero-order valence-corrected chi connectivity index (χ0v) is 17.1. The zero-order valence-electron chi connectivity index (χ0n) is 16.3. The lowest BCUT2D eigenvalue weighted by atomic mass is 9.88. The number of carbonyl (C=O) groups excluding carboxylic acids is 1. The molecular formula is C19H28N2O5S. The molecule has 0 spiro atoms. The highest BCUT2D eigenvalue weighted by molar-refractivity contribution is 7.88. The first-order valence-electron chi connectivity index (χ1n) is 9.21. The van der Waals surface area contributed by atoms with Gasteiger partial charge in [-0.1, -0.05) is 0 Å². The van der Waals surface area contributed by atoms with Crippen molar-refractivity contribution in [3.05, 3.63) is 23.8 Å². The Bertz CT molecular complexity index is 821. The molecule has 2 aliphatic rings. The van der Waals surface area contributed by atoms with Gasteiger partial charge in [0.25, 0.3) is 0 Å². The number of fused-ring (bicyclic) bond motifs is 1. The minimum absolute atomic E-state index is 0.111. The lowest BCUT2D eigenvalue weighted by Gasteiger charge is -2.39. The minimum atomic E-state index is -3.28. The van der Waals surface area contributed by atoms with Gasteiger partial charge in [-0.05, 0) is 44.9 Å². The first-order valence-corrected chi connectivity index (χ1v) is 11.1. The van der Waals surface area contributed by atoms with Crippen LogP contribution in [0.3, 0.4) is 0 Å². The number of rotatable bonds is 4. The van der Waals surface area contributed by atoms with Gasteiger partial charge in [-0.25, -0.2) is 12.7 Å². The highest BCUT2D eigenvalue weighted by Gasteiger charge is 2.37. The van der Waals surface area contributed by atoms with Gasteiger partial charge in [-0.15, -0.1) is 0 Å². The van der Waals surface area contributed by atoms with Crippen LogP contribution in [0.4, 0.5) is 0 Å². The fourth-order valence-electron chi connectivity index (χ4n) is 3.84. The second-order valence-corrected chi connectivity index (χ2v) is 9.97. The molecule has 0 bridgehead atoms. The summed E-state index contributed by atoms with van der Waals surface area (Å²) in [6.07, 6.45) is 3.20. The van der Waals surface area contributed by atoms with E-state index in [1.165, 1.54) is 10.6 Å². The lowest BCUT2D eigenvalue weighted by Crippen LogP contribution is -2.47. The van der Waals surface area contributed by atoms with Crippen molar-refractivity contribution in [1.29, 1.82) is 0 Å². The van der Waals surface area contributed by atoms with Crippen molar-refractivity contribution in [3.8, 4) is 11.5 Å². The van der Waals surface area contributed by atoms with E-state index in [0.717, 1.165) is 11.3 Å². The highest BCUT2D eigenvalue weighted by Crippen LogP contribution is 2.41. The van der Waals surface area contributed by atoms with E-state index in [9.17, 15) is 13.2 Å². The Labute approximate surface area is 161 Å². The molecule has 2 atom stereocenters. The van der Waals surface area contributed by atoms with E-state index in [0.29, 0.717) is 31.6 Å². The normalized spacial score (nSPS) is 25.2. The van der Waals surface area contributed by atoms with E-state index in [4.69, 9.17) is 9.47 Å². The maximum atomic E-state index is 12.9. The van der Waals surface area contributed by atoms with Crippen LogP contribution < -0.4 is 14.8 Å². The van der Waals surface area contributed by atoms with Gasteiger partial charge in [-0.2, -0.15) is 0 Å². The molecule has 1 aromatic rings. The maximum absolute atomic E-state index is 12.9. The number of hydrogen-bond donors (Lipinski definition) is 1. The van der Waals surface area contributed by atoms with Gasteiger partial charge in [0.15, 0.2) is 0 Å². The summed E-state index contributed by atoms with van der Waals surface area (Å²) in [5, 5.41) is 3.13. The third kappa shape index (κ3) is 4.55. The molecule has 0 unspecified atom stereocenters. The first-order chi connectivity index (χ1) is 12.6. The predicted molar refractivity (Wildman–Crippen MR) is 102 cm³/mol. The molecule has 1 amide bonds. The molecule has 1 saturated heterocycles. The van der Waals surface area contributed by atoms with Crippen LogP contribution in [0.5, 0.6) is 11.5 Å². The molecule has 0 aliphatic carbocycles. The van der Waals surface area contributed by atoms with Crippen molar-refractivity contribution in [2.24, 2.45) is 5.92 Å². The number of sulfonamides is 1. The summed E-state index contributed by atoms with van der Waals surface area (Å²) in [5.74, 6) is 0.990. The van der Waals surface area contributed by atoms with E-state index in [2.05, 4.69) is 5.32 Å². The van der Waals surface area contributed by atoms with Crippen LogP contribution in [0.1, 0.15) is 44.7 Å². The summed E-state index contributed by atoms with van der Waals surface area (Å²) >= 11 is 0. The van der Waals surface area contributed by atoms with E-state index in [1.54, 1.807) is 7.11 Å². The van der Waals surface area contributed by atoms with E-state index < -0.39 is 15.6 Å². The third-order valence-corrected chi connectivity index (χ3v) is 6.48. The number of nitrogens with one attached hydrogen (secondary N) is 1. The van der Waals surface area contributed by atoms with Crippen LogP contribution in [0.25, 0.3) is 0 Å². The molecule has 2 heterocycles. The first kappa shape index (κ1) is 19.9. The fourth-order valence-corrected chi connectivity index (χ4v) is 4.75. The number of methoxy groups -OCH3 is 1. The Morgan fingerprint density at radius 3 is 2.78 bits per heavy atom. The van der Waals surface area contributed by atoms with Gasteiger partial charge in [0.05, 0.1) is 25.3 Å². The second-order valence-electron chi connectivity index (χ2n) is 7.99. The van der Waals surface area contributed by atoms with Crippen LogP contribution in [0.15, 0.2) is 18.2 Å². The Hall–Kier alpha value is -1.80. The van der Waals surface area contributed by atoms with E-state index in [-0.39, 0.29) is 24.4 Å². The number of ether oxygens (including phenoxy) is 2. The topological polar surface area (TPSA) is 84.9 Å². The van der Waals surface area contributed by atoms with Crippen LogP contribution in [-0.4, -0.2) is 50.7 Å². The summed E-state index contributed by atoms with van der Waals surface area (Å²) in [7, 11) is -1.68. The van der Waals surface area contributed by atoms with Crippen LogP contribution in [-0.2, 0) is 14.8 Å². The van der Waals surface area contributed by atoms with E-state index in [1.807, 2.05) is 32.0 Å². The summed E-state index contributed by atoms with van der Waals surface area (Å²) in [4.78, 5) is 12.9. The molecule has 0 saturated carbocycles. The fraction of sp³-hybridized carbons (Fsp3) is 0.632. The summed E-state index contributed by atoms with van der Waals surface area (Å²) in [5.41, 5.74) is 0.475. The van der Waals surface area contributed by atoms with Gasteiger partial charge in [0, 0.05) is 25.1 Å². The standard InChI is InChI=1S/C19H28N2O5S/c1-19(2)11-16(15-10-14(25-3)7-8-17(15)26-19)20-18(22)13-6-5-9-21(12-13)27(4,23)24/h7-8,10,13,16H,5-6,9,11-12H2,1-4H3,(H,20,22)/t13-,16+/m1/s1. The Kier molecular flexibility index (Phi) is 5.40. The van der Waals surface area contributed by atoms with Crippen LogP contribution in [0.2, 0.25) is 0 Å². The Morgan fingerprint density at radius 2 is 2.11 bits per heavy atom. The third-order valence-electron chi connectivity index (χ3n) is 5.21. The SMILES string of the molecule is COc1ccc2c(c1)[C@@H](NC(=O)[C@@H]1CCCN(S(C)(=O)=O)C1)CC(C)(C)O2. The molecule has 1 fully saturated rings. The molecule has 7 nitrogen and oxygen atoms in total. The molecule has 1 N–H and O–H groups in total. The van der Waals surface area contributed by atoms with Gasteiger partial charge in [-0.3, -0.25) is 4.79 Å². The van der Waals surface area contributed by atoms with Crippen molar-refractivity contribution in [2.75, 3.05) is 26.5 Å². The molecular weight excluding hydrogens is 368 g/mol. The quantitative estimate of drug-likeness (QED) is 0.842.